The molecule has 0 unspecified atom stereocenters. The van der Waals surface area contributed by atoms with Crippen LogP contribution in [0.15, 0.2) is 0 Å². The van der Waals surface area contributed by atoms with Gasteiger partial charge in [0.05, 0.1) is 5.60 Å². The van der Waals surface area contributed by atoms with Gasteiger partial charge in [-0.05, 0) is 32.6 Å². The second-order valence-corrected chi connectivity index (χ2v) is 4.50. The molecule has 0 radical (unpaired) electrons. The number of hydrogen-bond acceptors (Lipinski definition) is 3. The lowest BCUT2D eigenvalue weighted by molar-refractivity contribution is -0.130. The van der Waals surface area contributed by atoms with Crippen LogP contribution in [0.3, 0.4) is 0 Å². The smallest absolute Gasteiger partial charge is 0.246 e. The summed E-state index contributed by atoms with van der Waals surface area (Å²) in [4.78, 5) is 11.3. The van der Waals surface area contributed by atoms with Gasteiger partial charge in [0.15, 0.2) is 0 Å². The minimum absolute atomic E-state index is 0.0431. The fourth-order valence-electron chi connectivity index (χ4n) is 0.951. The standard InChI is InChI=1S/C10H20N2O2/c1-10(2,7-11)14-6-9(13)12-5-8-3-4-8/h8H,3-7,11H2,1-2H3,(H,12,13). The highest BCUT2D eigenvalue weighted by Crippen LogP contribution is 2.27. The summed E-state index contributed by atoms with van der Waals surface area (Å²) < 4.78 is 5.36. The van der Waals surface area contributed by atoms with E-state index < -0.39 is 5.60 Å². The molecule has 0 heterocycles. The van der Waals surface area contributed by atoms with Crippen LogP contribution in [0.4, 0.5) is 0 Å². The first-order valence-electron chi connectivity index (χ1n) is 5.14. The van der Waals surface area contributed by atoms with Gasteiger partial charge in [0, 0.05) is 13.1 Å². The van der Waals surface area contributed by atoms with E-state index in [1.165, 1.54) is 12.8 Å². The Morgan fingerprint density at radius 1 is 1.57 bits per heavy atom. The molecule has 1 aliphatic rings. The Kier molecular flexibility index (Phi) is 3.89. The van der Waals surface area contributed by atoms with Crippen molar-refractivity contribution in [2.75, 3.05) is 19.7 Å². The molecule has 1 fully saturated rings. The fraction of sp³-hybridized carbons (Fsp3) is 0.900. The molecule has 4 heteroatoms. The van der Waals surface area contributed by atoms with Crippen LogP contribution >= 0.6 is 0 Å². The van der Waals surface area contributed by atoms with Crippen molar-refractivity contribution in [3.63, 3.8) is 0 Å². The van der Waals surface area contributed by atoms with Crippen molar-refractivity contribution in [1.82, 2.24) is 5.32 Å². The van der Waals surface area contributed by atoms with E-state index in [-0.39, 0.29) is 12.5 Å². The molecule has 0 atom stereocenters. The van der Waals surface area contributed by atoms with Crippen molar-refractivity contribution >= 4 is 5.91 Å². The predicted octanol–water partition coefficient (Wildman–Crippen LogP) is 0.267. The second-order valence-electron chi connectivity index (χ2n) is 4.50. The van der Waals surface area contributed by atoms with Crippen LogP contribution in [-0.2, 0) is 9.53 Å². The van der Waals surface area contributed by atoms with Gasteiger partial charge in [-0.1, -0.05) is 0 Å². The zero-order valence-corrected chi connectivity index (χ0v) is 9.01. The molecule has 4 nitrogen and oxygen atoms in total. The molecule has 1 aliphatic carbocycles. The van der Waals surface area contributed by atoms with E-state index in [0.717, 1.165) is 6.54 Å². The van der Waals surface area contributed by atoms with Crippen molar-refractivity contribution in [2.24, 2.45) is 11.7 Å². The first-order chi connectivity index (χ1) is 6.53. The van der Waals surface area contributed by atoms with Gasteiger partial charge in [-0.25, -0.2) is 0 Å². The van der Waals surface area contributed by atoms with Gasteiger partial charge < -0.3 is 15.8 Å². The zero-order valence-electron chi connectivity index (χ0n) is 9.01. The highest BCUT2D eigenvalue weighted by atomic mass is 16.5. The van der Waals surface area contributed by atoms with Crippen LogP contribution in [-0.4, -0.2) is 31.2 Å². The van der Waals surface area contributed by atoms with Crippen LogP contribution < -0.4 is 11.1 Å². The molecule has 3 N–H and O–H groups in total. The van der Waals surface area contributed by atoms with E-state index in [1.807, 2.05) is 13.8 Å². The fourth-order valence-corrected chi connectivity index (χ4v) is 0.951. The summed E-state index contributed by atoms with van der Waals surface area (Å²) in [6.45, 7) is 5.08. The summed E-state index contributed by atoms with van der Waals surface area (Å²) in [6.07, 6.45) is 2.49. The predicted molar refractivity (Wildman–Crippen MR) is 54.8 cm³/mol. The monoisotopic (exact) mass is 200 g/mol. The molecule has 82 valence electrons. The molecule has 1 saturated carbocycles. The SMILES string of the molecule is CC(C)(CN)OCC(=O)NCC1CC1. The average Bonchev–Trinajstić information content (AvgIpc) is 2.95. The van der Waals surface area contributed by atoms with Gasteiger partial charge in [0.25, 0.3) is 0 Å². The van der Waals surface area contributed by atoms with Gasteiger partial charge in [-0.2, -0.15) is 0 Å². The molecule has 1 amide bonds. The summed E-state index contributed by atoms with van der Waals surface area (Å²) in [5.74, 6) is 0.667. The number of carbonyl (C=O) groups is 1. The highest BCUT2D eigenvalue weighted by molar-refractivity contribution is 5.77. The third-order valence-electron chi connectivity index (χ3n) is 2.37. The number of rotatable bonds is 6. The number of ether oxygens (including phenoxy) is 1. The maximum atomic E-state index is 11.3. The largest absolute Gasteiger partial charge is 0.364 e. The number of carbonyl (C=O) groups excluding carboxylic acids is 1. The van der Waals surface area contributed by atoms with Crippen LogP contribution in [0.2, 0.25) is 0 Å². The zero-order chi connectivity index (χ0) is 10.6. The van der Waals surface area contributed by atoms with E-state index in [9.17, 15) is 4.79 Å². The Bertz CT molecular complexity index is 200. The molecule has 0 spiro atoms. The molecular weight excluding hydrogens is 180 g/mol. The molecule has 0 bridgehead atoms. The van der Waals surface area contributed by atoms with Crippen LogP contribution in [0.25, 0.3) is 0 Å². The Morgan fingerprint density at radius 3 is 2.71 bits per heavy atom. The molecule has 14 heavy (non-hydrogen) atoms. The lowest BCUT2D eigenvalue weighted by Crippen LogP contribution is -2.38. The lowest BCUT2D eigenvalue weighted by atomic mass is 10.1. The van der Waals surface area contributed by atoms with E-state index in [0.29, 0.717) is 12.5 Å². The van der Waals surface area contributed by atoms with Crippen molar-refractivity contribution < 1.29 is 9.53 Å². The molecular formula is C10H20N2O2. The quantitative estimate of drug-likeness (QED) is 0.646. The average molecular weight is 200 g/mol. The van der Waals surface area contributed by atoms with Crippen molar-refractivity contribution in [1.29, 1.82) is 0 Å². The third-order valence-corrected chi connectivity index (χ3v) is 2.37. The number of hydrogen-bond donors (Lipinski definition) is 2. The number of nitrogens with two attached hydrogens (primary N) is 1. The van der Waals surface area contributed by atoms with Crippen molar-refractivity contribution in [2.45, 2.75) is 32.3 Å². The molecule has 1 rings (SSSR count). The van der Waals surface area contributed by atoms with Gasteiger partial charge in [0.2, 0.25) is 5.91 Å². The molecule has 0 aromatic heterocycles. The minimum atomic E-state index is -0.406. The maximum absolute atomic E-state index is 11.3. The summed E-state index contributed by atoms with van der Waals surface area (Å²) in [5, 5.41) is 2.84. The Labute approximate surface area is 85.2 Å². The number of nitrogens with one attached hydrogen (secondary N) is 1. The first-order valence-corrected chi connectivity index (χ1v) is 5.14. The summed E-state index contributed by atoms with van der Waals surface area (Å²) in [7, 11) is 0. The van der Waals surface area contributed by atoms with Gasteiger partial charge in [-0.3, -0.25) is 4.79 Å². The molecule has 0 aliphatic heterocycles. The van der Waals surface area contributed by atoms with E-state index in [1.54, 1.807) is 0 Å². The Balaban J connectivity index is 2.07. The summed E-state index contributed by atoms with van der Waals surface area (Å²) >= 11 is 0. The van der Waals surface area contributed by atoms with Crippen molar-refractivity contribution in [3.8, 4) is 0 Å². The van der Waals surface area contributed by atoms with Crippen LogP contribution in [0.5, 0.6) is 0 Å². The third kappa shape index (κ3) is 4.58. The second kappa shape index (κ2) is 4.75. The highest BCUT2D eigenvalue weighted by Gasteiger charge is 2.22. The topological polar surface area (TPSA) is 64.3 Å². The Morgan fingerprint density at radius 2 is 2.21 bits per heavy atom. The number of amides is 1. The van der Waals surface area contributed by atoms with E-state index >= 15 is 0 Å². The van der Waals surface area contributed by atoms with Gasteiger partial charge in [-0.15, -0.1) is 0 Å². The summed E-state index contributed by atoms with van der Waals surface area (Å²) in [6, 6.07) is 0. The van der Waals surface area contributed by atoms with Gasteiger partial charge in [0.1, 0.15) is 6.61 Å². The normalized spacial score (nSPS) is 16.8. The molecule has 0 aromatic carbocycles. The Hall–Kier alpha value is -0.610. The van der Waals surface area contributed by atoms with E-state index in [2.05, 4.69) is 5.32 Å². The lowest BCUT2D eigenvalue weighted by Gasteiger charge is -2.22. The molecule has 0 saturated heterocycles. The van der Waals surface area contributed by atoms with Crippen LogP contribution in [0.1, 0.15) is 26.7 Å². The van der Waals surface area contributed by atoms with Gasteiger partial charge >= 0.3 is 0 Å². The molecule has 0 aromatic rings. The minimum Gasteiger partial charge on any atom is -0.364 e. The maximum Gasteiger partial charge on any atom is 0.246 e. The van der Waals surface area contributed by atoms with Crippen molar-refractivity contribution in [3.05, 3.63) is 0 Å². The first kappa shape index (κ1) is 11.5. The summed E-state index contributed by atoms with van der Waals surface area (Å²) in [5.41, 5.74) is 5.06. The van der Waals surface area contributed by atoms with Crippen LogP contribution in [0, 0.1) is 5.92 Å². The van der Waals surface area contributed by atoms with E-state index in [4.69, 9.17) is 10.5 Å².